The first-order chi connectivity index (χ1) is 14.0. The van der Waals surface area contributed by atoms with E-state index in [0.29, 0.717) is 22.4 Å². The Hall–Kier alpha value is -3.64. The molecule has 0 saturated heterocycles. The molecule has 4 rings (SSSR count). The van der Waals surface area contributed by atoms with E-state index < -0.39 is 23.3 Å². The van der Waals surface area contributed by atoms with Crippen LogP contribution in [0.4, 0.5) is 0 Å². The van der Waals surface area contributed by atoms with Crippen molar-refractivity contribution in [1.82, 2.24) is 9.88 Å². The summed E-state index contributed by atoms with van der Waals surface area (Å²) < 4.78 is 0. The maximum atomic E-state index is 13.2. The number of rotatable bonds is 3. The maximum Gasteiger partial charge on any atom is 0.261 e. The summed E-state index contributed by atoms with van der Waals surface area (Å²) in [6, 6.07) is 14.8. The molecule has 1 aliphatic rings. The number of pyridine rings is 1. The van der Waals surface area contributed by atoms with Gasteiger partial charge in [0.25, 0.3) is 11.8 Å². The van der Waals surface area contributed by atoms with Gasteiger partial charge in [0.15, 0.2) is 11.5 Å². The van der Waals surface area contributed by atoms with E-state index in [9.17, 15) is 19.8 Å². The van der Waals surface area contributed by atoms with E-state index in [2.05, 4.69) is 4.98 Å². The van der Waals surface area contributed by atoms with Crippen LogP contribution >= 0.6 is 11.6 Å². The van der Waals surface area contributed by atoms with Crippen LogP contribution in [0.1, 0.15) is 27.2 Å². The second-order valence-electron chi connectivity index (χ2n) is 6.49. The molecule has 144 valence electrons. The molecule has 0 atom stereocenters. The highest BCUT2D eigenvalue weighted by Crippen LogP contribution is 2.36. The number of imide groups is 1. The molecule has 3 aromatic rings. The van der Waals surface area contributed by atoms with Crippen LogP contribution in [0.15, 0.2) is 60.8 Å². The largest absolute Gasteiger partial charge is 0.504 e. The number of carbonyl (C=O) groups excluding carboxylic acids is 2. The van der Waals surface area contributed by atoms with Crippen molar-refractivity contribution in [3.05, 3.63) is 88.2 Å². The van der Waals surface area contributed by atoms with Crippen molar-refractivity contribution in [3.63, 3.8) is 0 Å². The second kappa shape index (κ2) is 7.41. The third-order valence-corrected chi connectivity index (χ3v) is 4.88. The standard InChI is InChI=1S/C22H15ClN2O4/c23-18-10-13(11-19(26)20(18)27)9-17-15-6-1-2-7-16(15)21(28)25(22(17)29)12-14-5-3-4-8-24-14/h1-11,26-27H,12H2/b17-9-. The average Bonchev–Trinajstić information content (AvgIpc) is 2.73. The smallest absolute Gasteiger partial charge is 0.261 e. The summed E-state index contributed by atoms with van der Waals surface area (Å²) in [4.78, 5) is 31.5. The van der Waals surface area contributed by atoms with Crippen molar-refractivity contribution in [3.8, 4) is 11.5 Å². The summed E-state index contributed by atoms with van der Waals surface area (Å²) in [6.45, 7) is 0.0335. The minimum absolute atomic E-state index is 0.0335. The summed E-state index contributed by atoms with van der Waals surface area (Å²) in [7, 11) is 0. The van der Waals surface area contributed by atoms with Gasteiger partial charge in [-0.15, -0.1) is 0 Å². The fourth-order valence-corrected chi connectivity index (χ4v) is 3.42. The zero-order valence-electron chi connectivity index (χ0n) is 15.0. The zero-order valence-corrected chi connectivity index (χ0v) is 15.8. The number of phenols is 2. The van der Waals surface area contributed by atoms with Crippen molar-refractivity contribution >= 4 is 35.1 Å². The summed E-state index contributed by atoms with van der Waals surface area (Å²) in [6.07, 6.45) is 3.13. The highest BCUT2D eigenvalue weighted by Gasteiger charge is 2.34. The van der Waals surface area contributed by atoms with Gasteiger partial charge >= 0.3 is 0 Å². The Morgan fingerprint density at radius 2 is 1.69 bits per heavy atom. The van der Waals surface area contributed by atoms with E-state index in [1.807, 2.05) is 0 Å². The predicted molar refractivity (Wildman–Crippen MR) is 108 cm³/mol. The second-order valence-corrected chi connectivity index (χ2v) is 6.90. The van der Waals surface area contributed by atoms with E-state index in [4.69, 9.17) is 11.6 Å². The molecular formula is C22H15ClN2O4. The van der Waals surface area contributed by atoms with Gasteiger partial charge in [0.05, 0.1) is 17.3 Å². The van der Waals surface area contributed by atoms with Gasteiger partial charge in [-0.25, -0.2) is 0 Å². The van der Waals surface area contributed by atoms with E-state index in [-0.39, 0.29) is 17.1 Å². The van der Waals surface area contributed by atoms with Gasteiger partial charge < -0.3 is 10.2 Å². The van der Waals surface area contributed by atoms with Gasteiger partial charge in [0.1, 0.15) is 0 Å². The molecule has 6 nitrogen and oxygen atoms in total. The molecule has 0 aliphatic carbocycles. The summed E-state index contributed by atoms with van der Waals surface area (Å²) in [5.41, 5.74) is 2.15. The van der Waals surface area contributed by atoms with Crippen LogP contribution in [0, 0.1) is 0 Å². The van der Waals surface area contributed by atoms with Crippen molar-refractivity contribution in [1.29, 1.82) is 0 Å². The van der Waals surface area contributed by atoms with Crippen molar-refractivity contribution < 1.29 is 19.8 Å². The molecule has 0 fully saturated rings. The number of benzene rings is 2. The lowest BCUT2D eigenvalue weighted by molar-refractivity contribution is -0.123. The summed E-state index contributed by atoms with van der Waals surface area (Å²) in [5, 5.41) is 19.5. The van der Waals surface area contributed by atoms with Gasteiger partial charge in [0.2, 0.25) is 0 Å². The number of carbonyl (C=O) groups is 2. The Morgan fingerprint density at radius 1 is 0.966 bits per heavy atom. The van der Waals surface area contributed by atoms with Crippen LogP contribution in [0.3, 0.4) is 0 Å². The Bertz CT molecular complexity index is 1140. The Morgan fingerprint density at radius 3 is 2.38 bits per heavy atom. The normalized spacial score (nSPS) is 14.9. The number of phenolic OH excluding ortho intramolecular Hbond substituents is 2. The number of aromatic hydroxyl groups is 2. The van der Waals surface area contributed by atoms with Crippen LogP contribution in [0.5, 0.6) is 11.5 Å². The molecule has 2 amide bonds. The predicted octanol–water partition coefficient (Wildman–Crippen LogP) is 3.87. The molecule has 0 spiro atoms. The molecule has 7 heteroatoms. The Kier molecular flexibility index (Phi) is 4.78. The van der Waals surface area contributed by atoms with E-state index in [1.165, 1.54) is 18.2 Å². The average molecular weight is 407 g/mol. The van der Waals surface area contributed by atoms with Gasteiger partial charge in [-0.3, -0.25) is 19.5 Å². The van der Waals surface area contributed by atoms with Gasteiger partial charge in [-0.2, -0.15) is 0 Å². The van der Waals surface area contributed by atoms with Crippen LogP contribution in [0.25, 0.3) is 11.6 Å². The molecule has 2 N–H and O–H groups in total. The zero-order chi connectivity index (χ0) is 20.5. The first-order valence-corrected chi connectivity index (χ1v) is 9.12. The fraction of sp³-hybridized carbons (Fsp3) is 0.0455. The number of nitrogens with zero attached hydrogens (tertiary/aromatic N) is 2. The quantitative estimate of drug-likeness (QED) is 0.391. The number of halogens is 1. The lowest BCUT2D eigenvalue weighted by Gasteiger charge is -2.28. The number of hydrogen-bond donors (Lipinski definition) is 2. The van der Waals surface area contributed by atoms with Gasteiger partial charge in [-0.1, -0.05) is 35.9 Å². The molecule has 1 aliphatic heterocycles. The third-order valence-electron chi connectivity index (χ3n) is 4.59. The van der Waals surface area contributed by atoms with E-state index in [1.54, 1.807) is 48.7 Å². The van der Waals surface area contributed by atoms with Crippen molar-refractivity contribution in [2.24, 2.45) is 0 Å². The van der Waals surface area contributed by atoms with Crippen molar-refractivity contribution in [2.45, 2.75) is 6.54 Å². The van der Waals surface area contributed by atoms with Crippen LogP contribution in [-0.2, 0) is 11.3 Å². The molecule has 0 unspecified atom stereocenters. The maximum absolute atomic E-state index is 13.2. The van der Waals surface area contributed by atoms with Crippen molar-refractivity contribution in [2.75, 3.05) is 0 Å². The third kappa shape index (κ3) is 3.46. The minimum Gasteiger partial charge on any atom is -0.504 e. The SMILES string of the molecule is O=C1/C(=C\c2cc(O)c(O)c(Cl)c2)c2ccccc2C(=O)N1Cc1ccccn1. The lowest BCUT2D eigenvalue weighted by atomic mass is 9.92. The van der Waals surface area contributed by atoms with E-state index in [0.717, 1.165) is 4.90 Å². The molecule has 1 aromatic heterocycles. The summed E-state index contributed by atoms with van der Waals surface area (Å²) >= 11 is 5.94. The Balaban J connectivity index is 1.83. The number of amides is 2. The van der Waals surface area contributed by atoms with Crippen LogP contribution in [0.2, 0.25) is 5.02 Å². The molecule has 0 saturated carbocycles. The first-order valence-electron chi connectivity index (χ1n) is 8.74. The molecule has 0 radical (unpaired) electrons. The van der Waals surface area contributed by atoms with E-state index >= 15 is 0 Å². The molecule has 29 heavy (non-hydrogen) atoms. The van der Waals surface area contributed by atoms with Crippen LogP contribution < -0.4 is 0 Å². The minimum atomic E-state index is -0.483. The highest BCUT2D eigenvalue weighted by atomic mass is 35.5. The molecule has 2 aromatic carbocycles. The topological polar surface area (TPSA) is 90.7 Å². The number of aromatic nitrogens is 1. The molecular weight excluding hydrogens is 392 g/mol. The van der Waals surface area contributed by atoms with Gasteiger partial charge in [-0.05, 0) is 47.5 Å². The van der Waals surface area contributed by atoms with Crippen LogP contribution in [-0.4, -0.2) is 31.9 Å². The molecule has 0 bridgehead atoms. The lowest BCUT2D eigenvalue weighted by Crippen LogP contribution is -2.41. The number of hydrogen-bond acceptors (Lipinski definition) is 5. The number of fused-ring (bicyclic) bond motifs is 1. The Labute approximate surface area is 171 Å². The fourth-order valence-electron chi connectivity index (χ4n) is 3.19. The monoisotopic (exact) mass is 406 g/mol. The molecule has 2 heterocycles. The summed E-state index contributed by atoms with van der Waals surface area (Å²) in [5.74, 6) is -1.72. The first kappa shape index (κ1) is 18.7. The highest BCUT2D eigenvalue weighted by molar-refractivity contribution is 6.34. The van der Waals surface area contributed by atoms with Gasteiger partial charge in [0, 0.05) is 17.3 Å².